The van der Waals surface area contributed by atoms with E-state index in [1.165, 1.54) is 11.8 Å². The average Bonchev–Trinajstić information content (AvgIpc) is 2.83. The molecule has 0 saturated carbocycles. The van der Waals surface area contributed by atoms with Crippen molar-refractivity contribution in [3.63, 3.8) is 0 Å². The maximum Gasteiger partial charge on any atom is 0.326 e. The van der Waals surface area contributed by atoms with E-state index >= 15 is 0 Å². The molecule has 0 spiro atoms. The Morgan fingerprint density at radius 1 is 1.12 bits per heavy atom. The van der Waals surface area contributed by atoms with Crippen LogP contribution in [0.2, 0.25) is 0 Å². The zero-order valence-electron chi connectivity index (χ0n) is 17.7. The number of carboxylic acid groups (broad SMARTS) is 1. The quantitative estimate of drug-likeness (QED) is 0.454. The molecule has 32 heavy (non-hydrogen) atoms. The number of aliphatic carboxylic acids is 1. The van der Waals surface area contributed by atoms with Crippen molar-refractivity contribution in [3.05, 3.63) is 94.7 Å². The van der Waals surface area contributed by atoms with Crippen molar-refractivity contribution < 1.29 is 14.7 Å². The molecule has 2 aromatic carbocycles. The van der Waals surface area contributed by atoms with Crippen molar-refractivity contribution >= 4 is 29.7 Å². The molecule has 1 heterocycles. The summed E-state index contributed by atoms with van der Waals surface area (Å²) in [5.41, 5.74) is 9.39. The van der Waals surface area contributed by atoms with Crippen molar-refractivity contribution in [1.82, 2.24) is 10.3 Å². The molecule has 1 unspecified atom stereocenters. The normalized spacial score (nSPS) is 12.2. The summed E-state index contributed by atoms with van der Waals surface area (Å²) in [6.07, 6.45) is 5.50. The third kappa shape index (κ3) is 6.06. The number of nitrogens with two attached hydrogens (primary N) is 1. The van der Waals surface area contributed by atoms with E-state index in [9.17, 15) is 14.7 Å². The molecule has 0 saturated heterocycles. The predicted molar refractivity (Wildman–Crippen MR) is 129 cm³/mol. The molecule has 3 aromatic rings. The van der Waals surface area contributed by atoms with Crippen LogP contribution in [0.4, 0.5) is 0 Å². The lowest BCUT2D eigenvalue weighted by atomic mass is 9.99. The Balaban J connectivity index is 1.82. The molecule has 0 aliphatic rings. The maximum absolute atomic E-state index is 13.0. The van der Waals surface area contributed by atoms with Gasteiger partial charge in [0.2, 0.25) is 0 Å². The number of thioether (sulfide) groups is 1. The highest BCUT2D eigenvalue weighted by Gasteiger charge is 2.23. The van der Waals surface area contributed by atoms with Crippen LogP contribution in [-0.4, -0.2) is 34.3 Å². The zero-order valence-corrected chi connectivity index (χ0v) is 18.5. The molecule has 0 aliphatic carbocycles. The number of hydrogen-bond acceptors (Lipinski definition) is 5. The topological polar surface area (TPSA) is 105 Å². The van der Waals surface area contributed by atoms with Gasteiger partial charge in [0.25, 0.3) is 5.91 Å². The molecule has 4 N–H and O–H groups in total. The van der Waals surface area contributed by atoms with Crippen molar-refractivity contribution in [2.24, 2.45) is 5.73 Å². The minimum atomic E-state index is -1.10. The van der Waals surface area contributed by atoms with E-state index in [4.69, 9.17) is 5.73 Å². The van der Waals surface area contributed by atoms with E-state index in [-0.39, 0.29) is 6.42 Å². The lowest BCUT2D eigenvalue weighted by Crippen LogP contribution is -2.41. The summed E-state index contributed by atoms with van der Waals surface area (Å²) in [7, 11) is 0. The van der Waals surface area contributed by atoms with Crippen molar-refractivity contribution in [3.8, 4) is 11.1 Å². The molecule has 0 radical (unpaired) electrons. The van der Waals surface area contributed by atoms with Crippen LogP contribution in [0.25, 0.3) is 17.2 Å². The van der Waals surface area contributed by atoms with E-state index in [1.807, 2.05) is 66.9 Å². The van der Waals surface area contributed by atoms with Crippen molar-refractivity contribution in [1.29, 1.82) is 0 Å². The third-order valence-electron chi connectivity index (χ3n) is 4.92. The van der Waals surface area contributed by atoms with Crippen molar-refractivity contribution in [2.75, 3.05) is 6.26 Å². The summed E-state index contributed by atoms with van der Waals surface area (Å²) in [5, 5.41) is 12.4. The summed E-state index contributed by atoms with van der Waals surface area (Å²) >= 11 is 1.42. The number of pyridine rings is 1. The summed E-state index contributed by atoms with van der Waals surface area (Å²) in [6, 6.07) is 19.3. The molecular formula is C25H25N3O3S. The molecule has 0 aliphatic heterocycles. The highest BCUT2D eigenvalue weighted by atomic mass is 32.2. The Kier molecular flexibility index (Phi) is 8.19. The molecular weight excluding hydrogens is 422 g/mol. The lowest BCUT2D eigenvalue weighted by molar-refractivity contribution is -0.139. The first-order chi connectivity index (χ1) is 15.5. The first-order valence-corrected chi connectivity index (χ1v) is 11.3. The fourth-order valence-corrected chi connectivity index (χ4v) is 3.83. The van der Waals surface area contributed by atoms with Gasteiger partial charge in [0, 0.05) is 24.7 Å². The molecule has 1 aromatic heterocycles. The smallest absolute Gasteiger partial charge is 0.326 e. The Hall–Kier alpha value is -3.42. The Morgan fingerprint density at radius 3 is 2.53 bits per heavy atom. The number of carbonyl (C=O) groups is 2. The first-order valence-electron chi connectivity index (χ1n) is 10.1. The monoisotopic (exact) mass is 447 g/mol. The number of hydrogen-bond donors (Lipinski definition) is 3. The van der Waals surface area contributed by atoms with Crippen LogP contribution in [0.3, 0.4) is 0 Å². The summed E-state index contributed by atoms with van der Waals surface area (Å²) in [5.74, 6) is -1.53. The van der Waals surface area contributed by atoms with Gasteiger partial charge < -0.3 is 16.2 Å². The van der Waals surface area contributed by atoms with Crippen LogP contribution < -0.4 is 11.1 Å². The number of aromatic nitrogens is 1. The lowest BCUT2D eigenvalue weighted by Gasteiger charge is -2.17. The van der Waals surface area contributed by atoms with E-state index in [1.54, 1.807) is 18.3 Å². The summed E-state index contributed by atoms with van der Waals surface area (Å²) < 4.78 is 0. The highest BCUT2D eigenvalue weighted by molar-refractivity contribution is 8.02. The van der Waals surface area contributed by atoms with E-state index in [0.29, 0.717) is 17.8 Å². The van der Waals surface area contributed by atoms with Crippen LogP contribution in [0, 0.1) is 0 Å². The van der Waals surface area contributed by atoms with Gasteiger partial charge in [-0.3, -0.25) is 9.78 Å². The van der Waals surface area contributed by atoms with Crippen LogP contribution >= 0.6 is 11.8 Å². The van der Waals surface area contributed by atoms with Gasteiger partial charge in [-0.15, -0.1) is 11.8 Å². The zero-order chi connectivity index (χ0) is 22.9. The average molecular weight is 448 g/mol. The van der Waals surface area contributed by atoms with Gasteiger partial charge in [0.15, 0.2) is 0 Å². The SMILES string of the molecule is CSC(=Cc1cc(CN)ccn1)CC(NC(=O)c1ccccc1-c1ccccc1)C(=O)O. The maximum atomic E-state index is 13.0. The van der Waals surface area contributed by atoms with E-state index in [0.717, 1.165) is 21.6 Å². The van der Waals surface area contributed by atoms with Gasteiger partial charge in [-0.1, -0.05) is 48.5 Å². The van der Waals surface area contributed by atoms with Crippen LogP contribution in [0.1, 0.15) is 28.0 Å². The summed E-state index contributed by atoms with van der Waals surface area (Å²) in [6.45, 7) is 0.395. The van der Waals surface area contributed by atoms with E-state index < -0.39 is 17.9 Å². The molecule has 3 rings (SSSR count). The second-order valence-electron chi connectivity index (χ2n) is 7.09. The van der Waals surface area contributed by atoms with Gasteiger partial charge in [-0.2, -0.15) is 0 Å². The molecule has 1 atom stereocenters. The fraction of sp³-hybridized carbons (Fsp3) is 0.160. The van der Waals surface area contributed by atoms with Crippen molar-refractivity contribution in [2.45, 2.75) is 19.0 Å². The largest absolute Gasteiger partial charge is 0.480 e. The van der Waals surface area contributed by atoms with Crippen LogP contribution in [0.15, 0.2) is 77.8 Å². The molecule has 0 bridgehead atoms. The van der Waals surface area contributed by atoms with Gasteiger partial charge in [-0.05, 0) is 52.1 Å². The number of benzene rings is 2. The molecule has 0 fully saturated rings. The summed E-state index contributed by atoms with van der Waals surface area (Å²) in [4.78, 5) is 30.1. The molecule has 6 nitrogen and oxygen atoms in total. The van der Waals surface area contributed by atoms with Gasteiger partial charge >= 0.3 is 5.97 Å². The predicted octanol–water partition coefficient (Wildman–Crippen LogP) is 4.18. The third-order valence-corrected chi connectivity index (χ3v) is 5.73. The fourth-order valence-electron chi connectivity index (χ4n) is 3.25. The number of rotatable bonds is 9. The number of amides is 1. The van der Waals surface area contributed by atoms with Gasteiger partial charge in [-0.25, -0.2) is 4.79 Å². The molecule has 164 valence electrons. The first kappa shape index (κ1) is 23.2. The highest BCUT2D eigenvalue weighted by Crippen LogP contribution is 2.25. The second-order valence-corrected chi connectivity index (χ2v) is 8.02. The number of carboxylic acids is 1. The Morgan fingerprint density at radius 2 is 1.84 bits per heavy atom. The molecule has 1 amide bonds. The second kappa shape index (κ2) is 11.3. The standard InChI is InChI=1S/C25H25N3O3S/c1-32-20(14-19-13-17(16-26)11-12-27-19)15-23(25(30)31)28-24(29)22-10-6-5-9-21(22)18-7-3-2-4-8-18/h2-14,23H,15-16,26H2,1H3,(H,28,29)(H,30,31). The number of carbonyl (C=O) groups excluding carboxylic acids is 1. The van der Waals surface area contributed by atoms with Gasteiger partial charge in [0.1, 0.15) is 6.04 Å². The molecule has 7 heteroatoms. The van der Waals surface area contributed by atoms with Gasteiger partial charge in [0.05, 0.1) is 5.69 Å². The minimum absolute atomic E-state index is 0.143. The van der Waals surface area contributed by atoms with Crippen LogP contribution in [-0.2, 0) is 11.3 Å². The minimum Gasteiger partial charge on any atom is -0.480 e. The Labute approximate surface area is 191 Å². The van der Waals surface area contributed by atoms with Crippen LogP contribution in [0.5, 0.6) is 0 Å². The number of nitrogens with zero attached hydrogens (tertiary/aromatic N) is 1. The van der Waals surface area contributed by atoms with E-state index in [2.05, 4.69) is 10.3 Å². The Bertz CT molecular complexity index is 1120. The number of nitrogens with one attached hydrogen (secondary N) is 1.